The molecule has 0 spiro atoms. The zero-order valence-electron chi connectivity index (χ0n) is 17.6. The molecule has 0 saturated heterocycles. The Labute approximate surface area is 183 Å². The Bertz CT molecular complexity index is 1300. The highest BCUT2D eigenvalue weighted by Crippen LogP contribution is 2.30. The van der Waals surface area contributed by atoms with E-state index in [-0.39, 0.29) is 11.9 Å². The van der Waals surface area contributed by atoms with Crippen LogP contribution in [-0.2, 0) is 0 Å². The van der Waals surface area contributed by atoms with Crippen LogP contribution in [0.4, 0.5) is 11.8 Å². The maximum absolute atomic E-state index is 12.2. The van der Waals surface area contributed by atoms with Crippen LogP contribution in [0.5, 0.6) is 11.6 Å². The molecule has 32 heavy (non-hydrogen) atoms. The predicted molar refractivity (Wildman–Crippen MR) is 117 cm³/mol. The van der Waals surface area contributed by atoms with Crippen molar-refractivity contribution in [1.29, 1.82) is 0 Å². The molecular weight excluding hydrogens is 410 g/mol. The number of carbonyl (C=O) groups is 1. The van der Waals surface area contributed by atoms with Gasteiger partial charge in [0.2, 0.25) is 5.95 Å². The van der Waals surface area contributed by atoms with Crippen LogP contribution in [0.25, 0.3) is 16.8 Å². The molecule has 4 aromatic rings. The molecule has 2 N–H and O–H groups in total. The van der Waals surface area contributed by atoms with Gasteiger partial charge in [0, 0.05) is 24.0 Å². The predicted octanol–water partition coefficient (Wildman–Crippen LogP) is 2.84. The van der Waals surface area contributed by atoms with Gasteiger partial charge in [-0.05, 0) is 48.7 Å². The van der Waals surface area contributed by atoms with Crippen molar-refractivity contribution in [3.8, 4) is 22.8 Å². The lowest BCUT2D eigenvalue weighted by Gasteiger charge is -2.08. The van der Waals surface area contributed by atoms with Gasteiger partial charge in [-0.3, -0.25) is 4.79 Å². The quantitative estimate of drug-likeness (QED) is 0.459. The fourth-order valence-electron chi connectivity index (χ4n) is 3.24. The highest BCUT2D eigenvalue weighted by molar-refractivity contribution is 5.93. The van der Waals surface area contributed by atoms with Crippen LogP contribution in [0.15, 0.2) is 48.8 Å². The summed E-state index contributed by atoms with van der Waals surface area (Å²) in [6.07, 6.45) is 5.57. The fraction of sp³-hybridized carbons (Fsp3) is 0.227. The van der Waals surface area contributed by atoms with E-state index in [0.717, 1.165) is 24.0 Å². The minimum atomic E-state index is -0.174. The molecule has 1 fully saturated rings. The molecule has 1 amide bonds. The Morgan fingerprint density at radius 2 is 1.97 bits per heavy atom. The van der Waals surface area contributed by atoms with Gasteiger partial charge in [0.25, 0.3) is 11.8 Å². The first-order valence-corrected chi connectivity index (χ1v) is 10.1. The zero-order chi connectivity index (χ0) is 22.1. The number of aromatic nitrogens is 5. The molecule has 0 aliphatic heterocycles. The normalized spacial score (nSPS) is 13.1. The highest BCUT2D eigenvalue weighted by atomic mass is 16.5. The Morgan fingerprint density at radius 1 is 1.09 bits per heavy atom. The summed E-state index contributed by atoms with van der Waals surface area (Å²) in [7, 11) is 3.12. The Morgan fingerprint density at radius 3 is 2.75 bits per heavy atom. The second-order valence-corrected chi connectivity index (χ2v) is 7.37. The summed E-state index contributed by atoms with van der Waals surface area (Å²) in [6, 6.07) is 11.2. The summed E-state index contributed by atoms with van der Waals surface area (Å²) in [6.45, 7) is 0. The summed E-state index contributed by atoms with van der Waals surface area (Å²) in [5.41, 5.74) is 2.76. The minimum Gasteiger partial charge on any atom is -0.491 e. The average Bonchev–Trinajstić information content (AvgIpc) is 3.54. The van der Waals surface area contributed by atoms with Crippen molar-refractivity contribution in [2.45, 2.75) is 18.9 Å². The minimum absolute atomic E-state index is 0.174. The molecule has 10 nitrogen and oxygen atoms in total. The van der Waals surface area contributed by atoms with Crippen LogP contribution < -0.4 is 20.1 Å². The molecular formula is C22H21N7O3. The number of carbonyl (C=O) groups excluding carboxylic acids is 1. The molecule has 1 aliphatic rings. The zero-order valence-corrected chi connectivity index (χ0v) is 17.6. The molecule has 1 saturated carbocycles. The summed E-state index contributed by atoms with van der Waals surface area (Å²) in [5, 5.41) is 10.4. The molecule has 0 atom stereocenters. The number of nitrogens with zero attached hydrogens (tertiary/aromatic N) is 5. The third-order valence-electron chi connectivity index (χ3n) is 5.04. The standard InChI is InChI=1S/C22H21N7O3/c1-31-17-10-14(12-23-21(17)32-2)13-8-9-29-19(11-13)27-22(28-29)26-18-5-3-4-16(25-18)20(30)24-15-6-7-15/h3-5,8-12,15H,6-7H2,1-2H3,(H,24,30)(H,25,26,28). The molecule has 4 aromatic heterocycles. The van der Waals surface area contributed by atoms with Crippen molar-refractivity contribution in [2.24, 2.45) is 0 Å². The number of hydrogen-bond donors (Lipinski definition) is 2. The van der Waals surface area contributed by atoms with Gasteiger partial charge in [-0.1, -0.05) is 6.07 Å². The van der Waals surface area contributed by atoms with E-state index in [4.69, 9.17) is 9.47 Å². The fourth-order valence-corrected chi connectivity index (χ4v) is 3.24. The first-order valence-electron chi connectivity index (χ1n) is 10.1. The van der Waals surface area contributed by atoms with Crippen molar-refractivity contribution >= 4 is 23.3 Å². The van der Waals surface area contributed by atoms with Gasteiger partial charge in [0.15, 0.2) is 11.4 Å². The monoisotopic (exact) mass is 431 g/mol. The van der Waals surface area contributed by atoms with E-state index in [9.17, 15) is 4.79 Å². The molecule has 1 aliphatic carbocycles. The summed E-state index contributed by atoms with van der Waals surface area (Å²) < 4.78 is 12.2. The number of pyridine rings is 3. The van der Waals surface area contributed by atoms with Gasteiger partial charge in [0.1, 0.15) is 11.5 Å². The topological polar surface area (TPSA) is 116 Å². The lowest BCUT2D eigenvalue weighted by Crippen LogP contribution is -2.26. The lowest BCUT2D eigenvalue weighted by atomic mass is 10.1. The summed E-state index contributed by atoms with van der Waals surface area (Å²) >= 11 is 0. The van der Waals surface area contributed by atoms with Gasteiger partial charge in [-0.2, -0.15) is 4.98 Å². The van der Waals surface area contributed by atoms with E-state index in [1.54, 1.807) is 43.1 Å². The molecule has 0 aromatic carbocycles. The number of anilines is 2. The van der Waals surface area contributed by atoms with Gasteiger partial charge in [-0.25, -0.2) is 14.5 Å². The third-order valence-corrected chi connectivity index (χ3v) is 5.04. The number of fused-ring (bicyclic) bond motifs is 1. The van der Waals surface area contributed by atoms with Crippen LogP contribution in [0, 0.1) is 0 Å². The maximum atomic E-state index is 12.2. The lowest BCUT2D eigenvalue weighted by molar-refractivity contribution is 0.0946. The van der Waals surface area contributed by atoms with Gasteiger partial charge in [0.05, 0.1) is 14.2 Å². The van der Waals surface area contributed by atoms with Crippen LogP contribution in [-0.4, -0.2) is 50.7 Å². The molecule has 5 rings (SSSR count). The van der Waals surface area contributed by atoms with Gasteiger partial charge in [-0.15, -0.1) is 5.10 Å². The van der Waals surface area contributed by atoms with Crippen LogP contribution in [0.2, 0.25) is 0 Å². The van der Waals surface area contributed by atoms with Gasteiger partial charge < -0.3 is 20.1 Å². The largest absolute Gasteiger partial charge is 0.491 e. The van der Waals surface area contributed by atoms with E-state index >= 15 is 0 Å². The van der Waals surface area contributed by atoms with E-state index < -0.39 is 0 Å². The van der Waals surface area contributed by atoms with Crippen molar-refractivity contribution in [2.75, 3.05) is 19.5 Å². The Kier molecular flexibility index (Phi) is 5.02. The third kappa shape index (κ3) is 4.02. The highest BCUT2D eigenvalue weighted by Gasteiger charge is 2.24. The Balaban J connectivity index is 1.38. The Hall–Kier alpha value is -4.21. The van der Waals surface area contributed by atoms with Crippen LogP contribution in [0.1, 0.15) is 23.3 Å². The number of ether oxygens (including phenoxy) is 2. The van der Waals surface area contributed by atoms with E-state index in [1.807, 2.05) is 24.4 Å². The molecule has 0 unspecified atom stereocenters. The summed E-state index contributed by atoms with van der Waals surface area (Å²) in [5.74, 6) is 1.66. The molecule has 0 bridgehead atoms. The number of methoxy groups -OCH3 is 2. The van der Waals surface area contributed by atoms with E-state index in [0.29, 0.717) is 34.7 Å². The van der Waals surface area contributed by atoms with E-state index in [1.165, 1.54) is 0 Å². The number of rotatable bonds is 7. The molecule has 162 valence electrons. The van der Waals surface area contributed by atoms with Crippen molar-refractivity contribution in [3.63, 3.8) is 0 Å². The van der Waals surface area contributed by atoms with Crippen LogP contribution in [0.3, 0.4) is 0 Å². The number of nitrogens with one attached hydrogen (secondary N) is 2. The van der Waals surface area contributed by atoms with Crippen molar-refractivity contribution in [3.05, 3.63) is 54.5 Å². The first-order chi connectivity index (χ1) is 15.6. The second-order valence-electron chi connectivity index (χ2n) is 7.37. The molecule has 4 heterocycles. The maximum Gasteiger partial charge on any atom is 0.270 e. The first kappa shape index (κ1) is 19.7. The second kappa shape index (κ2) is 8.14. The van der Waals surface area contributed by atoms with Crippen molar-refractivity contribution in [1.82, 2.24) is 29.9 Å². The number of hydrogen-bond acceptors (Lipinski definition) is 8. The number of amides is 1. The average molecular weight is 431 g/mol. The summed E-state index contributed by atoms with van der Waals surface area (Å²) in [4.78, 5) is 25.4. The smallest absolute Gasteiger partial charge is 0.270 e. The van der Waals surface area contributed by atoms with Crippen molar-refractivity contribution < 1.29 is 14.3 Å². The molecule has 0 radical (unpaired) electrons. The van der Waals surface area contributed by atoms with Gasteiger partial charge >= 0.3 is 0 Å². The molecule has 10 heteroatoms. The van der Waals surface area contributed by atoms with E-state index in [2.05, 4.69) is 30.7 Å². The van der Waals surface area contributed by atoms with Crippen LogP contribution >= 0.6 is 0 Å². The SMILES string of the molecule is COc1cc(-c2ccn3nc(Nc4cccc(C(=O)NC5CC5)n4)nc3c2)cnc1OC.